The van der Waals surface area contributed by atoms with E-state index in [1.165, 1.54) is 4.90 Å². The molecule has 5 nitrogen and oxygen atoms in total. The first-order valence-electron chi connectivity index (χ1n) is 9.66. The summed E-state index contributed by atoms with van der Waals surface area (Å²) >= 11 is 1.80. The number of hydrogen-bond acceptors (Lipinski definition) is 3. The van der Waals surface area contributed by atoms with Crippen molar-refractivity contribution in [3.63, 3.8) is 0 Å². The molecule has 1 aliphatic carbocycles. The molecule has 0 radical (unpaired) electrons. The Morgan fingerprint density at radius 2 is 2.07 bits per heavy atom. The Kier molecular flexibility index (Phi) is 6.15. The lowest BCUT2D eigenvalue weighted by Crippen LogP contribution is -2.66. The van der Waals surface area contributed by atoms with Gasteiger partial charge in [0.25, 0.3) is 0 Å². The maximum Gasteiger partial charge on any atom is 0.405 e. The van der Waals surface area contributed by atoms with Crippen molar-refractivity contribution in [3.05, 3.63) is 42.5 Å². The van der Waals surface area contributed by atoms with Gasteiger partial charge in [0, 0.05) is 17.4 Å². The first-order chi connectivity index (χ1) is 13.0. The van der Waals surface area contributed by atoms with Crippen LogP contribution in [0.3, 0.4) is 0 Å². The molecule has 2 heterocycles. The highest BCUT2D eigenvalue weighted by Gasteiger charge is 2.55. The molecule has 4 rings (SSSR count). The second-order valence-corrected chi connectivity index (χ2v) is 8.58. The molecule has 2 amide bonds. The monoisotopic (exact) mass is 388 g/mol. The van der Waals surface area contributed by atoms with Crippen LogP contribution >= 0.6 is 11.8 Å². The molecule has 146 valence electrons. The van der Waals surface area contributed by atoms with Crippen LogP contribution in [0.1, 0.15) is 50.6 Å². The van der Waals surface area contributed by atoms with E-state index >= 15 is 0 Å². The minimum Gasteiger partial charge on any atom is -0.465 e. The van der Waals surface area contributed by atoms with E-state index in [-0.39, 0.29) is 11.8 Å². The van der Waals surface area contributed by atoms with Gasteiger partial charge in [-0.05, 0) is 55.6 Å². The van der Waals surface area contributed by atoms with Crippen LogP contribution in [0.4, 0.5) is 4.79 Å². The molecule has 1 unspecified atom stereocenters. The molecule has 27 heavy (non-hydrogen) atoms. The van der Waals surface area contributed by atoms with Crippen molar-refractivity contribution < 1.29 is 14.7 Å². The van der Waals surface area contributed by atoms with Gasteiger partial charge in [-0.1, -0.05) is 25.1 Å². The van der Waals surface area contributed by atoms with Crippen LogP contribution in [0.2, 0.25) is 0 Å². The van der Waals surface area contributed by atoms with Crippen LogP contribution in [0, 0.1) is 5.92 Å². The third kappa shape index (κ3) is 3.86. The Balaban J connectivity index is 1.96. The number of fused-ring (bicyclic) bond motifs is 3. The molecule has 1 aromatic carbocycles. The molecular weight excluding hydrogens is 360 g/mol. The fourth-order valence-corrected chi connectivity index (χ4v) is 5.32. The molecule has 2 bridgehead atoms. The Bertz CT molecular complexity index is 696. The summed E-state index contributed by atoms with van der Waals surface area (Å²) in [6.07, 6.45) is 5.07. The number of benzene rings is 1. The van der Waals surface area contributed by atoms with Crippen LogP contribution in [0.15, 0.2) is 41.8 Å². The second-order valence-electron chi connectivity index (χ2n) is 7.42. The van der Waals surface area contributed by atoms with Gasteiger partial charge in [0.2, 0.25) is 5.91 Å². The number of carbonyl (C=O) groups is 2. The normalized spacial score (nSPS) is 25.3. The highest BCUT2D eigenvalue weighted by Crippen LogP contribution is 2.50. The van der Waals surface area contributed by atoms with E-state index in [1.54, 1.807) is 17.8 Å². The zero-order valence-electron chi connectivity index (χ0n) is 15.8. The van der Waals surface area contributed by atoms with Crippen molar-refractivity contribution in [2.24, 2.45) is 5.92 Å². The van der Waals surface area contributed by atoms with E-state index in [0.29, 0.717) is 6.54 Å². The quantitative estimate of drug-likeness (QED) is 0.510. The summed E-state index contributed by atoms with van der Waals surface area (Å²) in [5.74, 6) is 1.27. The topological polar surface area (TPSA) is 69.6 Å². The first kappa shape index (κ1) is 19.8. The van der Waals surface area contributed by atoms with Crippen LogP contribution < -0.4 is 5.32 Å². The SMILES string of the molecule is C=CCN1C(=O)C2CCC1(C(NC(=O)O)c1ccc(SCCC)cc1)CC2. The highest BCUT2D eigenvalue weighted by molar-refractivity contribution is 7.99. The summed E-state index contributed by atoms with van der Waals surface area (Å²) in [6, 6.07) is 7.67. The van der Waals surface area contributed by atoms with Gasteiger partial charge in [-0.2, -0.15) is 0 Å². The lowest BCUT2D eigenvalue weighted by atomic mass is 9.65. The van der Waals surface area contributed by atoms with Crippen LogP contribution in [-0.2, 0) is 4.79 Å². The Hall–Kier alpha value is -1.95. The molecule has 3 fully saturated rings. The highest BCUT2D eigenvalue weighted by atomic mass is 32.2. The van der Waals surface area contributed by atoms with Crippen molar-refractivity contribution >= 4 is 23.8 Å². The maximum absolute atomic E-state index is 12.9. The molecule has 1 atom stereocenters. The molecule has 0 aromatic heterocycles. The zero-order valence-corrected chi connectivity index (χ0v) is 16.6. The average Bonchev–Trinajstić information content (AvgIpc) is 2.68. The summed E-state index contributed by atoms with van der Waals surface area (Å²) in [5.41, 5.74) is 0.400. The number of nitrogens with one attached hydrogen (secondary N) is 1. The van der Waals surface area contributed by atoms with Crippen LogP contribution in [-0.4, -0.2) is 39.8 Å². The lowest BCUT2D eigenvalue weighted by molar-refractivity contribution is -0.158. The van der Waals surface area contributed by atoms with E-state index in [2.05, 4.69) is 31.0 Å². The van der Waals surface area contributed by atoms with Crippen molar-refractivity contribution in [2.45, 2.75) is 55.5 Å². The number of piperidine rings is 2. The molecular formula is C21H28N2O3S. The molecule has 6 heteroatoms. The van der Waals surface area contributed by atoms with Gasteiger partial charge < -0.3 is 15.3 Å². The molecule has 1 aromatic rings. The predicted octanol–water partition coefficient (Wildman–Crippen LogP) is 4.45. The Labute approximate surface area is 165 Å². The van der Waals surface area contributed by atoms with E-state index in [4.69, 9.17) is 0 Å². The molecule has 3 aliphatic rings. The molecule has 2 N–H and O–H groups in total. The second kappa shape index (κ2) is 8.38. The van der Waals surface area contributed by atoms with Crippen molar-refractivity contribution in [3.8, 4) is 0 Å². The van der Waals surface area contributed by atoms with Crippen molar-refractivity contribution in [1.29, 1.82) is 0 Å². The first-order valence-corrected chi connectivity index (χ1v) is 10.6. The van der Waals surface area contributed by atoms with E-state index in [1.807, 2.05) is 17.0 Å². The summed E-state index contributed by atoms with van der Waals surface area (Å²) < 4.78 is 0. The fraction of sp³-hybridized carbons (Fsp3) is 0.524. The Morgan fingerprint density at radius 3 is 2.63 bits per heavy atom. The maximum atomic E-state index is 12.9. The molecule has 0 spiro atoms. The third-order valence-electron chi connectivity index (χ3n) is 5.81. The lowest BCUT2D eigenvalue weighted by Gasteiger charge is -2.57. The fourth-order valence-electron chi connectivity index (χ4n) is 4.55. The predicted molar refractivity (Wildman–Crippen MR) is 108 cm³/mol. The number of carbonyl (C=O) groups excluding carboxylic acids is 1. The number of nitrogens with zero attached hydrogens (tertiary/aromatic N) is 1. The largest absolute Gasteiger partial charge is 0.465 e. The van der Waals surface area contributed by atoms with Gasteiger partial charge in [-0.3, -0.25) is 4.79 Å². The van der Waals surface area contributed by atoms with E-state index < -0.39 is 17.7 Å². The molecule has 2 saturated heterocycles. The number of amides is 2. The van der Waals surface area contributed by atoms with Crippen molar-refractivity contribution in [2.75, 3.05) is 12.3 Å². The minimum atomic E-state index is -1.06. The molecule has 2 aliphatic heterocycles. The van der Waals surface area contributed by atoms with Gasteiger partial charge in [-0.25, -0.2) is 4.79 Å². The zero-order chi connectivity index (χ0) is 19.4. The average molecular weight is 389 g/mol. The van der Waals surface area contributed by atoms with E-state index in [9.17, 15) is 14.7 Å². The van der Waals surface area contributed by atoms with Gasteiger partial charge in [0.15, 0.2) is 0 Å². The number of rotatable bonds is 8. The van der Waals surface area contributed by atoms with Crippen LogP contribution in [0.25, 0.3) is 0 Å². The number of thioether (sulfide) groups is 1. The van der Waals surface area contributed by atoms with Gasteiger partial charge in [0.05, 0.1) is 11.6 Å². The van der Waals surface area contributed by atoms with Gasteiger partial charge in [-0.15, -0.1) is 18.3 Å². The smallest absolute Gasteiger partial charge is 0.405 e. The van der Waals surface area contributed by atoms with Gasteiger partial charge in [0.1, 0.15) is 0 Å². The standard InChI is InChI=1S/C21H28N2O3S/c1-3-13-23-19(24)16-9-11-21(23,12-10-16)18(22-20(25)26)15-5-7-17(8-6-15)27-14-4-2/h3,5-8,16,18,22H,1,4,9-14H2,2H3,(H,25,26). The number of hydrogen-bond donors (Lipinski definition) is 2. The Morgan fingerprint density at radius 1 is 1.41 bits per heavy atom. The summed E-state index contributed by atoms with van der Waals surface area (Å²) in [7, 11) is 0. The van der Waals surface area contributed by atoms with Crippen LogP contribution in [0.5, 0.6) is 0 Å². The summed E-state index contributed by atoms with van der Waals surface area (Å²) in [5, 5.41) is 12.2. The molecule has 1 saturated carbocycles. The third-order valence-corrected chi connectivity index (χ3v) is 7.03. The summed E-state index contributed by atoms with van der Waals surface area (Å²) in [4.78, 5) is 27.5. The number of carboxylic acid groups (broad SMARTS) is 1. The van der Waals surface area contributed by atoms with Crippen molar-refractivity contribution in [1.82, 2.24) is 10.2 Å². The minimum absolute atomic E-state index is 0.0742. The van der Waals surface area contributed by atoms with Gasteiger partial charge >= 0.3 is 6.09 Å². The summed E-state index contributed by atoms with van der Waals surface area (Å²) in [6.45, 7) is 6.41. The van der Waals surface area contributed by atoms with E-state index in [0.717, 1.165) is 43.4 Å².